The third kappa shape index (κ3) is 2.79. The molecule has 2 atom stereocenters. The van der Waals surface area contributed by atoms with Crippen molar-refractivity contribution >= 4 is 23.7 Å². The summed E-state index contributed by atoms with van der Waals surface area (Å²) in [5.41, 5.74) is 0. The molecule has 0 aromatic carbocycles. The standard InChI is InChI=1S/C12H16N2O6/c15-7-5-8(12(19)20)14(6-7)11(18)3-4-13-9(16)1-2-10(13)17/h7-8,15H,1-6H2,(H,19,20)/t7-,8+/m1/s1. The van der Waals surface area contributed by atoms with E-state index in [1.165, 1.54) is 0 Å². The first-order valence-electron chi connectivity index (χ1n) is 6.43. The molecule has 8 heteroatoms. The van der Waals surface area contributed by atoms with Crippen LogP contribution in [0, 0.1) is 0 Å². The van der Waals surface area contributed by atoms with E-state index in [1.54, 1.807) is 0 Å². The molecule has 2 saturated heterocycles. The van der Waals surface area contributed by atoms with Crippen molar-refractivity contribution in [1.82, 2.24) is 9.80 Å². The molecule has 0 radical (unpaired) electrons. The topological polar surface area (TPSA) is 115 Å². The highest BCUT2D eigenvalue weighted by Gasteiger charge is 2.39. The molecule has 2 fully saturated rings. The zero-order chi connectivity index (χ0) is 14.9. The fourth-order valence-corrected chi connectivity index (χ4v) is 2.55. The molecule has 0 aromatic rings. The molecular formula is C12H16N2O6. The number of β-amino-alcohol motifs (C(OH)–C–C–N with tert-alkyl or cyclic N) is 1. The van der Waals surface area contributed by atoms with E-state index < -0.39 is 24.0 Å². The summed E-state index contributed by atoms with van der Waals surface area (Å²) >= 11 is 0. The minimum atomic E-state index is -1.16. The summed E-state index contributed by atoms with van der Waals surface area (Å²) in [6, 6.07) is -1.04. The Hall–Kier alpha value is -1.96. The van der Waals surface area contributed by atoms with E-state index in [4.69, 9.17) is 5.11 Å². The first-order valence-corrected chi connectivity index (χ1v) is 6.43. The van der Waals surface area contributed by atoms with Gasteiger partial charge in [0.1, 0.15) is 6.04 Å². The summed E-state index contributed by atoms with van der Waals surface area (Å²) in [5.74, 6) is -2.25. The van der Waals surface area contributed by atoms with Gasteiger partial charge in [-0.1, -0.05) is 0 Å². The number of carboxylic acid groups (broad SMARTS) is 1. The van der Waals surface area contributed by atoms with Crippen LogP contribution in [0.5, 0.6) is 0 Å². The van der Waals surface area contributed by atoms with Gasteiger partial charge >= 0.3 is 5.97 Å². The maximum atomic E-state index is 12.0. The van der Waals surface area contributed by atoms with E-state index >= 15 is 0 Å². The Morgan fingerprint density at radius 1 is 1.20 bits per heavy atom. The van der Waals surface area contributed by atoms with Crippen molar-refractivity contribution in [3.05, 3.63) is 0 Å². The Balaban J connectivity index is 1.93. The molecule has 2 rings (SSSR count). The van der Waals surface area contributed by atoms with Crippen LogP contribution in [-0.2, 0) is 19.2 Å². The Bertz CT molecular complexity index is 447. The second kappa shape index (κ2) is 5.58. The number of carbonyl (C=O) groups excluding carboxylic acids is 3. The van der Waals surface area contributed by atoms with Crippen molar-refractivity contribution in [2.45, 2.75) is 37.8 Å². The van der Waals surface area contributed by atoms with Crippen LogP contribution in [0.25, 0.3) is 0 Å². The summed E-state index contributed by atoms with van der Waals surface area (Å²) in [5, 5.41) is 18.4. The first-order chi connectivity index (χ1) is 9.40. The third-order valence-corrected chi connectivity index (χ3v) is 3.59. The number of hydrogen-bond acceptors (Lipinski definition) is 5. The maximum absolute atomic E-state index is 12.0. The average Bonchev–Trinajstić information content (AvgIpc) is 2.91. The molecule has 2 heterocycles. The number of nitrogens with zero attached hydrogens (tertiary/aromatic N) is 2. The number of aliphatic hydroxyl groups excluding tert-OH is 1. The molecule has 0 bridgehead atoms. The van der Waals surface area contributed by atoms with Crippen molar-refractivity contribution in [2.75, 3.05) is 13.1 Å². The van der Waals surface area contributed by atoms with Gasteiger partial charge in [0.25, 0.3) is 0 Å². The predicted octanol–water partition coefficient (Wildman–Crippen LogP) is -1.43. The number of hydrogen-bond donors (Lipinski definition) is 2. The lowest BCUT2D eigenvalue weighted by molar-refractivity contribution is -0.149. The number of carbonyl (C=O) groups is 4. The van der Waals surface area contributed by atoms with Crippen LogP contribution in [0.1, 0.15) is 25.7 Å². The number of aliphatic hydroxyl groups is 1. The number of likely N-dealkylation sites (tertiary alicyclic amines) is 2. The van der Waals surface area contributed by atoms with Crippen LogP contribution < -0.4 is 0 Å². The van der Waals surface area contributed by atoms with Gasteiger partial charge in [-0.15, -0.1) is 0 Å². The lowest BCUT2D eigenvalue weighted by Gasteiger charge is -2.22. The molecule has 2 aliphatic rings. The minimum Gasteiger partial charge on any atom is -0.480 e. The lowest BCUT2D eigenvalue weighted by Crippen LogP contribution is -2.42. The average molecular weight is 284 g/mol. The van der Waals surface area contributed by atoms with Gasteiger partial charge in [0.05, 0.1) is 6.10 Å². The van der Waals surface area contributed by atoms with Gasteiger partial charge in [0.2, 0.25) is 17.7 Å². The van der Waals surface area contributed by atoms with Crippen LogP contribution in [0.3, 0.4) is 0 Å². The van der Waals surface area contributed by atoms with Crippen LogP contribution in [-0.4, -0.2) is 68.9 Å². The summed E-state index contributed by atoms with van der Waals surface area (Å²) < 4.78 is 0. The Morgan fingerprint density at radius 3 is 2.35 bits per heavy atom. The predicted molar refractivity (Wildman–Crippen MR) is 64.3 cm³/mol. The largest absolute Gasteiger partial charge is 0.480 e. The van der Waals surface area contributed by atoms with E-state index in [2.05, 4.69) is 0 Å². The fraction of sp³-hybridized carbons (Fsp3) is 0.667. The first kappa shape index (κ1) is 14.4. The molecule has 2 N–H and O–H groups in total. The van der Waals surface area contributed by atoms with Gasteiger partial charge in [-0.05, 0) is 0 Å². The van der Waals surface area contributed by atoms with Gasteiger partial charge in [0.15, 0.2) is 0 Å². The molecule has 110 valence electrons. The van der Waals surface area contributed by atoms with E-state index in [9.17, 15) is 24.3 Å². The molecule has 0 spiro atoms. The number of imide groups is 1. The molecular weight excluding hydrogens is 268 g/mol. The van der Waals surface area contributed by atoms with Crippen molar-refractivity contribution < 1.29 is 29.4 Å². The van der Waals surface area contributed by atoms with Crippen LogP contribution >= 0.6 is 0 Å². The molecule has 0 saturated carbocycles. The third-order valence-electron chi connectivity index (χ3n) is 3.59. The second-order valence-corrected chi connectivity index (χ2v) is 4.98. The second-order valence-electron chi connectivity index (χ2n) is 4.98. The monoisotopic (exact) mass is 284 g/mol. The van der Waals surface area contributed by atoms with Crippen molar-refractivity contribution in [3.8, 4) is 0 Å². The quantitative estimate of drug-likeness (QED) is 0.612. The highest BCUT2D eigenvalue weighted by molar-refractivity contribution is 6.02. The van der Waals surface area contributed by atoms with Gasteiger partial charge in [-0.25, -0.2) is 4.79 Å². The van der Waals surface area contributed by atoms with Gasteiger partial charge in [0, 0.05) is 38.8 Å². The van der Waals surface area contributed by atoms with E-state index in [-0.39, 0.29) is 50.6 Å². The molecule has 0 aliphatic carbocycles. The molecule has 2 aliphatic heterocycles. The number of amides is 3. The van der Waals surface area contributed by atoms with Gasteiger partial charge in [-0.3, -0.25) is 19.3 Å². The molecule has 0 unspecified atom stereocenters. The van der Waals surface area contributed by atoms with E-state index in [0.29, 0.717) is 0 Å². The number of aliphatic carboxylic acids is 1. The van der Waals surface area contributed by atoms with Crippen molar-refractivity contribution in [2.24, 2.45) is 0 Å². The normalized spacial score (nSPS) is 26.4. The molecule has 8 nitrogen and oxygen atoms in total. The van der Waals surface area contributed by atoms with E-state index in [1.807, 2.05) is 0 Å². The van der Waals surface area contributed by atoms with Crippen LogP contribution in [0.2, 0.25) is 0 Å². The highest BCUT2D eigenvalue weighted by atomic mass is 16.4. The van der Waals surface area contributed by atoms with Gasteiger partial charge < -0.3 is 15.1 Å². The summed E-state index contributed by atoms with van der Waals surface area (Å²) in [6.45, 7) is -0.0624. The fourth-order valence-electron chi connectivity index (χ4n) is 2.55. The summed E-state index contributed by atoms with van der Waals surface area (Å²) in [6.07, 6.45) is -0.646. The molecule has 20 heavy (non-hydrogen) atoms. The highest BCUT2D eigenvalue weighted by Crippen LogP contribution is 2.20. The number of rotatable bonds is 4. The smallest absolute Gasteiger partial charge is 0.326 e. The van der Waals surface area contributed by atoms with Crippen LogP contribution in [0.15, 0.2) is 0 Å². The molecule has 0 aromatic heterocycles. The minimum absolute atomic E-state index is 0.00263. The Kier molecular flexibility index (Phi) is 4.03. The zero-order valence-electron chi connectivity index (χ0n) is 10.8. The lowest BCUT2D eigenvalue weighted by atomic mass is 10.2. The summed E-state index contributed by atoms with van der Waals surface area (Å²) in [7, 11) is 0. The van der Waals surface area contributed by atoms with Crippen molar-refractivity contribution in [3.63, 3.8) is 0 Å². The van der Waals surface area contributed by atoms with Crippen LogP contribution in [0.4, 0.5) is 0 Å². The van der Waals surface area contributed by atoms with Crippen molar-refractivity contribution in [1.29, 1.82) is 0 Å². The van der Waals surface area contributed by atoms with Gasteiger partial charge in [-0.2, -0.15) is 0 Å². The Labute approximate surface area is 114 Å². The SMILES string of the molecule is O=C(O)[C@@H]1C[C@@H](O)CN1C(=O)CCN1C(=O)CCC1=O. The molecule has 3 amide bonds. The Morgan fingerprint density at radius 2 is 1.80 bits per heavy atom. The summed E-state index contributed by atoms with van der Waals surface area (Å²) in [4.78, 5) is 47.9. The maximum Gasteiger partial charge on any atom is 0.326 e. The van der Waals surface area contributed by atoms with E-state index in [0.717, 1.165) is 9.80 Å². The zero-order valence-corrected chi connectivity index (χ0v) is 10.8. The number of carboxylic acids is 1.